The molecule has 0 unspecified atom stereocenters. The Bertz CT molecular complexity index is 1120. The van der Waals surface area contributed by atoms with Crippen LogP contribution in [0.5, 0.6) is 5.75 Å². The third kappa shape index (κ3) is 6.43. The molecule has 0 amide bonds. The summed E-state index contributed by atoms with van der Waals surface area (Å²) in [6.45, 7) is 4.35. The number of rotatable bonds is 8. The molecule has 2 fully saturated rings. The molecule has 3 heterocycles. The van der Waals surface area contributed by atoms with Crippen LogP contribution < -0.4 is 20.0 Å². The van der Waals surface area contributed by atoms with Crippen molar-refractivity contribution in [3.8, 4) is 5.75 Å². The van der Waals surface area contributed by atoms with Crippen LogP contribution >= 0.6 is 11.6 Å². The van der Waals surface area contributed by atoms with E-state index in [1.165, 1.54) is 38.5 Å². The minimum Gasteiger partial charge on any atom is -0.488 e. The summed E-state index contributed by atoms with van der Waals surface area (Å²) in [5, 5.41) is 5.16. The third-order valence-electron chi connectivity index (χ3n) is 6.48. The number of para-hydroxylation sites is 1. The summed E-state index contributed by atoms with van der Waals surface area (Å²) < 4.78 is 6.05. The Morgan fingerprint density at radius 1 is 0.806 bits per heavy atom. The molecule has 36 heavy (non-hydrogen) atoms. The molecule has 1 N–H and O–H groups in total. The van der Waals surface area contributed by atoms with E-state index in [1.54, 1.807) is 6.21 Å². The quantitative estimate of drug-likeness (QED) is 0.318. The van der Waals surface area contributed by atoms with E-state index < -0.39 is 0 Å². The Balaban J connectivity index is 1.31. The van der Waals surface area contributed by atoms with Gasteiger partial charge in [0, 0.05) is 36.8 Å². The lowest BCUT2D eigenvalue weighted by Gasteiger charge is -2.30. The number of hydrazone groups is 1. The van der Waals surface area contributed by atoms with E-state index in [-0.39, 0.29) is 0 Å². The lowest BCUT2D eigenvalue weighted by atomic mass is 10.1. The summed E-state index contributed by atoms with van der Waals surface area (Å²) in [6, 6.07) is 15.5. The zero-order chi connectivity index (χ0) is 24.6. The van der Waals surface area contributed by atoms with Gasteiger partial charge in [0.25, 0.3) is 0 Å². The van der Waals surface area contributed by atoms with Crippen molar-refractivity contribution >= 4 is 35.7 Å². The number of nitrogens with one attached hydrogen (secondary N) is 1. The Hall–Kier alpha value is -3.39. The fourth-order valence-corrected chi connectivity index (χ4v) is 4.62. The second-order valence-corrected chi connectivity index (χ2v) is 9.61. The minimum atomic E-state index is 0.446. The van der Waals surface area contributed by atoms with Crippen LogP contribution in [0, 0.1) is 0 Å². The lowest BCUT2D eigenvalue weighted by molar-refractivity contribution is 0.306. The van der Waals surface area contributed by atoms with E-state index in [1.807, 2.05) is 48.5 Å². The van der Waals surface area contributed by atoms with Crippen LogP contribution in [0.3, 0.4) is 0 Å². The van der Waals surface area contributed by atoms with Crippen molar-refractivity contribution in [3.63, 3.8) is 0 Å². The van der Waals surface area contributed by atoms with Gasteiger partial charge >= 0.3 is 0 Å². The van der Waals surface area contributed by atoms with Gasteiger partial charge in [0.15, 0.2) is 0 Å². The van der Waals surface area contributed by atoms with Crippen LogP contribution in [0.25, 0.3) is 0 Å². The number of piperidine rings is 2. The molecule has 0 bridgehead atoms. The van der Waals surface area contributed by atoms with Crippen molar-refractivity contribution in [2.45, 2.75) is 45.1 Å². The molecule has 188 valence electrons. The van der Waals surface area contributed by atoms with Crippen molar-refractivity contribution in [3.05, 3.63) is 64.7 Å². The van der Waals surface area contributed by atoms with Gasteiger partial charge in [-0.05, 0) is 68.4 Å². The largest absolute Gasteiger partial charge is 0.488 e. The topological polar surface area (TPSA) is 78.8 Å². The highest BCUT2D eigenvalue weighted by atomic mass is 35.5. The van der Waals surface area contributed by atoms with Crippen molar-refractivity contribution in [2.75, 3.05) is 41.4 Å². The van der Waals surface area contributed by atoms with Crippen molar-refractivity contribution in [2.24, 2.45) is 5.10 Å². The minimum absolute atomic E-state index is 0.446. The standard InChI is InChI=1S/C27H32ClN7O/c28-23-13-11-21(12-14-23)20-36-24-10-4-3-9-22(24)19-29-33-25-30-26(34-15-5-1-6-16-34)32-27(31-25)35-17-7-2-8-18-35/h3-4,9-14,19H,1-2,5-8,15-18,20H2,(H,30,31,32,33). The van der Waals surface area contributed by atoms with Crippen molar-refractivity contribution in [1.29, 1.82) is 0 Å². The monoisotopic (exact) mass is 505 g/mol. The second-order valence-electron chi connectivity index (χ2n) is 9.18. The molecule has 3 aromatic rings. The first-order valence-corrected chi connectivity index (χ1v) is 13.1. The van der Waals surface area contributed by atoms with Gasteiger partial charge in [-0.3, -0.25) is 0 Å². The Kier molecular flexibility index (Phi) is 8.13. The van der Waals surface area contributed by atoms with Gasteiger partial charge < -0.3 is 14.5 Å². The number of aromatic nitrogens is 3. The highest BCUT2D eigenvalue weighted by molar-refractivity contribution is 6.30. The van der Waals surface area contributed by atoms with Crippen LogP contribution in [-0.4, -0.2) is 47.3 Å². The van der Waals surface area contributed by atoms with E-state index in [2.05, 4.69) is 20.3 Å². The van der Waals surface area contributed by atoms with Crippen LogP contribution in [0.1, 0.15) is 49.7 Å². The fourth-order valence-electron chi connectivity index (χ4n) is 4.49. The van der Waals surface area contributed by atoms with Crippen LogP contribution in [0.15, 0.2) is 53.6 Å². The highest BCUT2D eigenvalue weighted by Crippen LogP contribution is 2.23. The summed E-state index contributed by atoms with van der Waals surface area (Å²) in [6.07, 6.45) is 8.92. The number of benzene rings is 2. The van der Waals surface area contributed by atoms with Crippen LogP contribution in [-0.2, 0) is 6.61 Å². The number of ether oxygens (including phenoxy) is 1. The predicted octanol–water partition coefficient (Wildman–Crippen LogP) is 5.53. The van der Waals surface area contributed by atoms with E-state index in [0.29, 0.717) is 17.6 Å². The first kappa shape index (κ1) is 24.3. The Morgan fingerprint density at radius 2 is 1.42 bits per heavy atom. The first-order chi connectivity index (χ1) is 17.7. The molecule has 2 aromatic carbocycles. The lowest BCUT2D eigenvalue weighted by Crippen LogP contribution is -2.34. The van der Waals surface area contributed by atoms with Gasteiger partial charge in [0.2, 0.25) is 17.8 Å². The van der Waals surface area contributed by atoms with E-state index in [4.69, 9.17) is 31.3 Å². The van der Waals surface area contributed by atoms with Gasteiger partial charge in [-0.1, -0.05) is 35.9 Å². The summed E-state index contributed by atoms with van der Waals surface area (Å²) in [4.78, 5) is 18.7. The van der Waals surface area contributed by atoms with Crippen LogP contribution in [0.4, 0.5) is 17.8 Å². The molecule has 2 saturated heterocycles. The average Bonchev–Trinajstić information content (AvgIpc) is 2.94. The van der Waals surface area contributed by atoms with Gasteiger partial charge in [0.1, 0.15) is 12.4 Å². The first-order valence-electron chi connectivity index (χ1n) is 12.8. The maximum Gasteiger partial charge on any atom is 0.250 e. The molecule has 9 heteroatoms. The molecule has 1 aromatic heterocycles. The SMILES string of the molecule is Clc1ccc(COc2ccccc2C=NNc2nc(N3CCCCC3)nc(N3CCCCC3)n2)cc1. The zero-order valence-corrected chi connectivity index (χ0v) is 21.2. The van der Waals surface area contributed by atoms with Gasteiger partial charge in [-0.25, -0.2) is 5.43 Å². The number of anilines is 3. The molecule has 2 aliphatic heterocycles. The Labute approximate surface area is 217 Å². The second kappa shape index (κ2) is 12.0. The number of hydrogen-bond donors (Lipinski definition) is 1. The Morgan fingerprint density at radius 3 is 2.06 bits per heavy atom. The molecule has 0 aliphatic carbocycles. The van der Waals surface area contributed by atoms with E-state index in [0.717, 1.165) is 55.0 Å². The van der Waals surface area contributed by atoms with Crippen molar-refractivity contribution in [1.82, 2.24) is 15.0 Å². The normalized spacial score (nSPS) is 16.4. The fraction of sp³-hybridized carbons (Fsp3) is 0.407. The molecule has 0 saturated carbocycles. The van der Waals surface area contributed by atoms with Gasteiger partial charge in [0.05, 0.1) is 6.21 Å². The summed E-state index contributed by atoms with van der Waals surface area (Å²) >= 11 is 5.98. The molecular formula is C27H32ClN7O. The molecule has 5 rings (SSSR count). The summed E-state index contributed by atoms with van der Waals surface area (Å²) in [5.74, 6) is 2.67. The van der Waals surface area contributed by atoms with E-state index >= 15 is 0 Å². The predicted molar refractivity (Wildman–Crippen MR) is 145 cm³/mol. The third-order valence-corrected chi connectivity index (χ3v) is 6.74. The van der Waals surface area contributed by atoms with Crippen molar-refractivity contribution < 1.29 is 4.74 Å². The van der Waals surface area contributed by atoms with Gasteiger partial charge in [-0.15, -0.1) is 0 Å². The van der Waals surface area contributed by atoms with Crippen LogP contribution in [0.2, 0.25) is 5.02 Å². The number of nitrogens with zero attached hydrogens (tertiary/aromatic N) is 6. The number of halogens is 1. The summed E-state index contributed by atoms with van der Waals surface area (Å²) in [5.41, 5.74) is 4.95. The smallest absolute Gasteiger partial charge is 0.250 e. The molecule has 2 aliphatic rings. The molecule has 0 radical (unpaired) electrons. The molecule has 0 atom stereocenters. The maximum absolute atomic E-state index is 6.05. The molecular weight excluding hydrogens is 474 g/mol. The maximum atomic E-state index is 6.05. The number of hydrogen-bond acceptors (Lipinski definition) is 8. The summed E-state index contributed by atoms with van der Waals surface area (Å²) in [7, 11) is 0. The molecule has 8 nitrogen and oxygen atoms in total. The average molecular weight is 506 g/mol. The highest BCUT2D eigenvalue weighted by Gasteiger charge is 2.20. The zero-order valence-electron chi connectivity index (χ0n) is 20.4. The van der Waals surface area contributed by atoms with E-state index in [9.17, 15) is 0 Å². The van der Waals surface area contributed by atoms with Gasteiger partial charge in [-0.2, -0.15) is 20.1 Å². The molecule has 0 spiro atoms.